The van der Waals surface area contributed by atoms with Gasteiger partial charge in [-0.3, -0.25) is 0 Å². The zero-order valence-corrected chi connectivity index (χ0v) is 21.1. The fraction of sp³-hybridized carbons (Fsp3) is 0.696. The van der Waals surface area contributed by atoms with Gasteiger partial charge in [0.05, 0.1) is 0 Å². The van der Waals surface area contributed by atoms with E-state index >= 15 is 0 Å². The van der Waals surface area contributed by atoms with Crippen LogP contribution in [0.25, 0.3) is 0 Å². The van der Waals surface area contributed by atoms with E-state index in [1.54, 1.807) is 9.67 Å². The van der Waals surface area contributed by atoms with Crippen molar-refractivity contribution in [1.82, 2.24) is 0 Å². The summed E-state index contributed by atoms with van der Waals surface area (Å²) in [5.41, 5.74) is 0.948. The van der Waals surface area contributed by atoms with Gasteiger partial charge in [-0.1, -0.05) is 0 Å². The van der Waals surface area contributed by atoms with Gasteiger partial charge < -0.3 is 0 Å². The first-order valence-electron chi connectivity index (χ1n) is 10.7. The predicted octanol–water partition coefficient (Wildman–Crippen LogP) is 7.39. The molecule has 0 heterocycles. The van der Waals surface area contributed by atoms with Crippen LogP contribution in [-0.2, 0) is 9.53 Å². The van der Waals surface area contributed by atoms with Crippen LogP contribution in [-0.4, -0.2) is 31.0 Å². The average Bonchev–Trinajstić information content (AvgIpc) is 2.61. The first-order chi connectivity index (χ1) is 12.5. The summed E-state index contributed by atoms with van der Waals surface area (Å²) in [4.78, 5) is 11.5. The second kappa shape index (κ2) is 15.5. The van der Waals surface area contributed by atoms with Crippen molar-refractivity contribution >= 4 is 24.3 Å². The van der Waals surface area contributed by atoms with Gasteiger partial charge in [0.1, 0.15) is 0 Å². The van der Waals surface area contributed by atoms with Crippen molar-refractivity contribution in [3.8, 4) is 0 Å². The Bertz CT molecular complexity index is 453. The van der Waals surface area contributed by atoms with Gasteiger partial charge in [0.2, 0.25) is 0 Å². The summed E-state index contributed by atoms with van der Waals surface area (Å²) >= 11 is -2.26. The summed E-state index contributed by atoms with van der Waals surface area (Å²) in [5, 5.41) is 0. The molecule has 0 spiro atoms. The zero-order chi connectivity index (χ0) is 19.8. The van der Waals surface area contributed by atoms with Crippen molar-refractivity contribution in [1.29, 1.82) is 0 Å². The molecule has 0 bridgehead atoms. The van der Waals surface area contributed by atoms with Gasteiger partial charge in [-0.2, -0.15) is 0 Å². The van der Waals surface area contributed by atoms with Gasteiger partial charge in [0.25, 0.3) is 0 Å². The van der Waals surface area contributed by atoms with E-state index in [0.717, 1.165) is 5.57 Å². The molecule has 0 aliphatic carbocycles. The fourth-order valence-corrected chi connectivity index (χ4v) is 19.1. The molecule has 0 amide bonds. The normalized spacial score (nSPS) is 13.5. The van der Waals surface area contributed by atoms with E-state index in [-0.39, 0.29) is 5.97 Å². The van der Waals surface area contributed by atoms with E-state index < -0.39 is 18.4 Å². The molecule has 0 atom stereocenters. The van der Waals surface area contributed by atoms with E-state index in [4.69, 9.17) is 4.74 Å². The Morgan fingerprint density at radius 2 is 1.38 bits per heavy atom. The number of rotatable bonds is 14. The molecule has 0 N–H and O–H groups in total. The zero-order valence-electron chi connectivity index (χ0n) is 18.2. The Morgan fingerprint density at radius 3 is 1.81 bits per heavy atom. The molecular weight excluding hydrogens is 427 g/mol. The van der Waals surface area contributed by atoms with Gasteiger partial charge in [0.15, 0.2) is 0 Å². The molecule has 0 aliphatic rings. The van der Waals surface area contributed by atoms with Crippen molar-refractivity contribution in [2.75, 3.05) is 6.61 Å². The van der Waals surface area contributed by atoms with Crippen LogP contribution in [0.5, 0.6) is 0 Å². The Balaban J connectivity index is 5.32. The molecular formula is C23H42O2Sn. The van der Waals surface area contributed by atoms with Crippen molar-refractivity contribution in [2.24, 2.45) is 0 Å². The maximum absolute atomic E-state index is 11.5. The summed E-state index contributed by atoms with van der Waals surface area (Å²) in [5.74, 6) is -0.252. The number of ether oxygens (including phenoxy) is 1. The summed E-state index contributed by atoms with van der Waals surface area (Å²) in [6.45, 7) is 13.6. The Morgan fingerprint density at radius 1 is 0.885 bits per heavy atom. The molecule has 0 aliphatic heterocycles. The van der Waals surface area contributed by atoms with E-state index in [1.807, 2.05) is 19.9 Å². The van der Waals surface area contributed by atoms with Gasteiger partial charge in [-0.25, -0.2) is 0 Å². The van der Waals surface area contributed by atoms with Crippen molar-refractivity contribution < 1.29 is 9.53 Å². The molecule has 0 unspecified atom stereocenters. The average molecular weight is 469 g/mol. The third-order valence-corrected chi connectivity index (χ3v) is 21.7. The van der Waals surface area contributed by atoms with Crippen LogP contribution in [0.1, 0.15) is 80.1 Å². The molecule has 2 nitrogen and oxygen atoms in total. The molecule has 0 saturated heterocycles. The first kappa shape index (κ1) is 25.5. The number of esters is 1. The molecule has 0 radical (unpaired) electrons. The molecule has 3 heteroatoms. The van der Waals surface area contributed by atoms with Crippen molar-refractivity contribution in [3.63, 3.8) is 0 Å². The molecule has 0 aromatic rings. The van der Waals surface area contributed by atoms with Crippen molar-refractivity contribution in [3.05, 3.63) is 33.5 Å². The SMILES string of the molecule is CCC[CH2][Sn]([CH2]CCC)([CH2]CCC)\[C](C)=C/C=C/C(C)=C/C(=O)OCC. The van der Waals surface area contributed by atoms with Crippen LogP contribution in [0.15, 0.2) is 33.5 Å². The van der Waals surface area contributed by atoms with Gasteiger partial charge in [-0.05, 0) is 0 Å². The second-order valence-corrected chi connectivity index (χ2v) is 21.3. The van der Waals surface area contributed by atoms with Crippen molar-refractivity contribution in [2.45, 2.75) is 93.4 Å². The summed E-state index contributed by atoms with van der Waals surface area (Å²) < 4.78 is 11.2. The Labute approximate surface area is 167 Å². The summed E-state index contributed by atoms with van der Waals surface area (Å²) in [7, 11) is 0. The van der Waals surface area contributed by atoms with Gasteiger partial charge in [-0.15, -0.1) is 0 Å². The number of unbranched alkanes of at least 4 members (excludes halogenated alkanes) is 3. The van der Waals surface area contributed by atoms with Crippen LogP contribution < -0.4 is 0 Å². The minimum absolute atomic E-state index is 0.252. The van der Waals surface area contributed by atoms with E-state index in [0.29, 0.717) is 6.61 Å². The van der Waals surface area contributed by atoms with Crippen LogP contribution in [0, 0.1) is 0 Å². The number of carbonyl (C=O) groups excluding carboxylic acids is 1. The number of allylic oxidation sites excluding steroid dienone is 5. The Hall–Kier alpha value is -0.511. The molecule has 0 fully saturated rings. The van der Waals surface area contributed by atoms with Crippen LogP contribution in [0.3, 0.4) is 0 Å². The topological polar surface area (TPSA) is 26.3 Å². The molecule has 0 rings (SSSR count). The number of hydrogen-bond donors (Lipinski definition) is 0. The monoisotopic (exact) mass is 470 g/mol. The van der Waals surface area contributed by atoms with Crippen LogP contribution in [0.2, 0.25) is 13.3 Å². The quantitative estimate of drug-likeness (QED) is 0.115. The first-order valence-corrected chi connectivity index (χ1v) is 18.1. The van der Waals surface area contributed by atoms with Crippen LogP contribution in [0.4, 0.5) is 0 Å². The minimum atomic E-state index is -2.26. The van der Waals surface area contributed by atoms with E-state index in [1.165, 1.54) is 51.8 Å². The summed E-state index contributed by atoms with van der Waals surface area (Å²) in [6.07, 6.45) is 16.2. The predicted molar refractivity (Wildman–Crippen MR) is 118 cm³/mol. The summed E-state index contributed by atoms with van der Waals surface area (Å²) in [6, 6.07) is 0. The maximum atomic E-state index is 11.5. The molecule has 26 heavy (non-hydrogen) atoms. The molecule has 0 aromatic heterocycles. The third-order valence-electron chi connectivity index (χ3n) is 5.20. The van der Waals surface area contributed by atoms with E-state index in [2.05, 4.69) is 39.8 Å². The molecule has 150 valence electrons. The fourth-order valence-electron chi connectivity index (χ4n) is 3.45. The second-order valence-electron chi connectivity index (χ2n) is 7.44. The van der Waals surface area contributed by atoms with Crippen LogP contribution >= 0.6 is 0 Å². The Kier molecular flexibility index (Phi) is 15.2. The molecule has 0 aromatic carbocycles. The standard InChI is InChI=1S/C11H15O2.3C4H9.Sn/c1-4-6-7-8-10(3)9-11(12)13-5-2;3*1-3-4-2;/h6-9H,5H2,1-3H3;3*1,3-4H2,2H3;/b6-4?,8-7+,10-9+;;;;. The van der Waals surface area contributed by atoms with Gasteiger partial charge in [0, 0.05) is 0 Å². The van der Waals surface area contributed by atoms with Gasteiger partial charge >= 0.3 is 167 Å². The molecule has 0 saturated carbocycles. The number of carbonyl (C=O) groups is 1. The third kappa shape index (κ3) is 10.6. The van der Waals surface area contributed by atoms with E-state index in [9.17, 15) is 4.79 Å². The number of hydrogen-bond acceptors (Lipinski definition) is 2.